The van der Waals surface area contributed by atoms with E-state index in [1.807, 2.05) is 0 Å². The summed E-state index contributed by atoms with van der Waals surface area (Å²) in [7, 11) is 0. The lowest BCUT2D eigenvalue weighted by molar-refractivity contribution is 0.262. The van der Waals surface area contributed by atoms with Crippen molar-refractivity contribution in [1.29, 1.82) is 0 Å². The molecule has 0 aliphatic carbocycles. The van der Waals surface area contributed by atoms with E-state index in [2.05, 4.69) is 9.80 Å². The second-order valence-electron chi connectivity index (χ2n) is 5.38. The fraction of sp³-hybridized carbons (Fsp3) is 1.00. The molecule has 4 heteroatoms. The Morgan fingerprint density at radius 2 is 1.24 bits per heavy atom. The number of nitrogens with zero attached hydrogens (tertiary/aromatic N) is 2. The van der Waals surface area contributed by atoms with Crippen LogP contribution in [0.1, 0.15) is 32.1 Å². The Hall–Kier alpha value is -0.160. The molecule has 2 saturated heterocycles. The highest BCUT2D eigenvalue weighted by Gasteiger charge is 2.33. The molecule has 17 heavy (non-hydrogen) atoms. The van der Waals surface area contributed by atoms with Gasteiger partial charge in [-0.1, -0.05) is 19.3 Å². The molecule has 4 nitrogen and oxygen atoms in total. The van der Waals surface area contributed by atoms with Crippen LogP contribution in [0, 0.1) is 0 Å². The minimum atomic E-state index is 0.304. The molecule has 0 saturated carbocycles. The lowest BCUT2D eigenvalue weighted by Gasteiger charge is -2.03. The van der Waals surface area contributed by atoms with Crippen LogP contribution < -0.4 is 0 Å². The van der Waals surface area contributed by atoms with Crippen LogP contribution in [-0.4, -0.2) is 71.5 Å². The third kappa shape index (κ3) is 4.54. The molecule has 0 amide bonds. The molecule has 100 valence electrons. The van der Waals surface area contributed by atoms with E-state index < -0.39 is 0 Å². The second kappa shape index (κ2) is 6.69. The van der Waals surface area contributed by atoms with Gasteiger partial charge < -0.3 is 10.2 Å². The van der Waals surface area contributed by atoms with Crippen LogP contribution in [-0.2, 0) is 0 Å². The average molecular weight is 242 g/mol. The summed E-state index contributed by atoms with van der Waals surface area (Å²) in [4.78, 5) is 4.70. The van der Waals surface area contributed by atoms with E-state index in [-0.39, 0.29) is 0 Å². The lowest BCUT2D eigenvalue weighted by atomic mass is 10.1. The molecule has 2 heterocycles. The molecular formula is C13H26N2O2. The van der Waals surface area contributed by atoms with Crippen molar-refractivity contribution < 1.29 is 10.2 Å². The van der Waals surface area contributed by atoms with E-state index in [0.29, 0.717) is 13.2 Å². The highest BCUT2D eigenvalue weighted by molar-refractivity contribution is 4.89. The Labute approximate surface area is 104 Å². The predicted octanol–water partition coefficient (Wildman–Crippen LogP) is 0.290. The van der Waals surface area contributed by atoms with Crippen LogP contribution in [0.3, 0.4) is 0 Å². The fourth-order valence-electron chi connectivity index (χ4n) is 2.74. The molecule has 0 aromatic heterocycles. The molecule has 2 aliphatic heterocycles. The topological polar surface area (TPSA) is 46.5 Å². The summed E-state index contributed by atoms with van der Waals surface area (Å²) in [6.45, 7) is 4.74. The molecular weight excluding hydrogens is 216 g/mol. The van der Waals surface area contributed by atoms with Gasteiger partial charge in [-0.2, -0.15) is 0 Å². The van der Waals surface area contributed by atoms with Crippen molar-refractivity contribution in [1.82, 2.24) is 9.80 Å². The minimum absolute atomic E-state index is 0.304. The van der Waals surface area contributed by atoms with E-state index in [4.69, 9.17) is 10.2 Å². The molecule has 2 rings (SSSR count). The first-order chi connectivity index (χ1) is 8.35. The highest BCUT2D eigenvalue weighted by Crippen LogP contribution is 2.25. The summed E-state index contributed by atoms with van der Waals surface area (Å²) < 4.78 is 0. The summed E-state index contributed by atoms with van der Waals surface area (Å²) in [6, 6.07) is 1.54. The molecule has 0 aromatic rings. The van der Waals surface area contributed by atoms with Gasteiger partial charge in [-0.25, -0.2) is 0 Å². The SMILES string of the molecule is OCCN1C[C@H]1CCCCC[C@H]1CN1CCO. The number of rotatable bonds is 10. The standard InChI is InChI=1S/C13H26N2O2/c16-8-6-14-10-12(14)4-2-1-3-5-13-11-15(13)7-9-17/h12-13,16-17H,1-11H2/t12-,13+,14?,15?. The molecule has 0 bridgehead atoms. The van der Waals surface area contributed by atoms with E-state index in [0.717, 1.165) is 25.2 Å². The van der Waals surface area contributed by atoms with Crippen molar-refractivity contribution in [2.45, 2.75) is 44.2 Å². The van der Waals surface area contributed by atoms with E-state index in [1.54, 1.807) is 0 Å². The first kappa shape index (κ1) is 13.3. The maximum Gasteiger partial charge on any atom is 0.0558 e. The van der Waals surface area contributed by atoms with Crippen LogP contribution in [0.25, 0.3) is 0 Å². The van der Waals surface area contributed by atoms with Gasteiger partial charge in [0.05, 0.1) is 13.2 Å². The number of aliphatic hydroxyl groups is 2. The van der Waals surface area contributed by atoms with Gasteiger partial charge in [0.25, 0.3) is 0 Å². The summed E-state index contributed by atoms with van der Waals surface area (Å²) in [6.07, 6.45) is 6.63. The van der Waals surface area contributed by atoms with Crippen LogP contribution >= 0.6 is 0 Å². The largest absolute Gasteiger partial charge is 0.395 e. The summed E-state index contributed by atoms with van der Waals surface area (Å²) in [5.74, 6) is 0. The van der Waals surface area contributed by atoms with Crippen molar-refractivity contribution in [3.8, 4) is 0 Å². The van der Waals surface area contributed by atoms with Crippen molar-refractivity contribution >= 4 is 0 Å². The number of hydrogen-bond acceptors (Lipinski definition) is 4. The molecule has 2 unspecified atom stereocenters. The summed E-state index contributed by atoms with van der Waals surface area (Å²) in [5.41, 5.74) is 0. The Bertz CT molecular complexity index is 203. The summed E-state index contributed by atoms with van der Waals surface area (Å²) in [5, 5.41) is 17.6. The predicted molar refractivity (Wildman–Crippen MR) is 68.0 cm³/mol. The maximum absolute atomic E-state index is 8.78. The minimum Gasteiger partial charge on any atom is -0.395 e. The first-order valence-corrected chi connectivity index (χ1v) is 7.05. The van der Waals surface area contributed by atoms with Gasteiger partial charge in [0.15, 0.2) is 0 Å². The van der Waals surface area contributed by atoms with Gasteiger partial charge in [-0.3, -0.25) is 9.80 Å². The van der Waals surface area contributed by atoms with Gasteiger partial charge >= 0.3 is 0 Å². The number of hydrogen-bond donors (Lipinski definition) is 2. The second-order valence-corrected chi connectivity index (χ2v) is 5.38. The van der Waals surface area contributed by atoms with Gasteiger partial charge in [0, 0.05) is 38.3 Å². The van der Waals surface area contributed by atoms with E-state index in [1.165, 1.54) is 45.2 Å². The maximum atomic E-state index is 8.78. The smallest absolute Gasteiger partial charge is 0.0558 e. The van der Waals surface area contributed by atoms with Crippen LogP contribution in [0.15, 0.2) is 0 Å². The monoisotopic (exact) mass is 242 g/mol. The third-order valence-corrected chi connectivity index (χ3v) is 4.01. The Morgan fingerprint density at radius 3 is 1.65 bits per heavy atom. The molecule has 2 aliphatic rings. The Kier molecular flexibility index (Phi) is 5.22. The van der Waals surface area contributed by atoms with E-state index in [9.17, 15) is 0 Å². The number of β-amino-alcohol motifs (C(OH)–C–C–N with tert-alkyl or cyclic N) is 2. The average Bonchev–Trinajstić information content (AvgIpc) is 3.19. The molecule has 0 radical (unpaired) electrons. The zero-order chi connectivity index (χ0) is 12.1. The molecule has 4 atom stereocenters. The molecule has 2 fully saturated rings. The van der Waals surface area contributed by atoms with Crippen molar-refractivity contribution in [2.75, 3.05) is 39.4 Å². The van der Waals surface area contributed by atoms with Crippen LogP contribution in [0.4, 0.5) is 0 Å². The summed E-state index contributed by atoms with van der Waals surface area (Å²) >= 11 is 0. The van der Waals surface area contributed by atoms with Crippen molar-refractivity contribution in [3.63, 3.8) is 0 Å². The van der Waals surface area contributed by atoms with Gasteiger partial charge in [0.2, 0.25) is 0 Å². The van der Waals surface area contributed by atoms with E-state index >= 15 is 0 Å². The van der Waals surface area contributed by atoms with Gasteiger partial charge in [0.1, 0.15) is 0 Å². The highest BCUT2D eigenvalue weighted by atomic mass is 16.3. The molecule has 2 N–H and O–H groups in total. The van der Waals surface area contributed by atoms with Crippen LogP contribution in [0.5, 0.6) is 0 Å². The van der Waals surface area contributed by atoms with Gasteiger partial charge in [-0.05, 0) is 12.8 Å². The van der Waals surface area contributed by atoms with Crippen molar-refractivity contribution in [2.24, 2.45) is 0 Å². The van der Waals surface area contributed by atoms with Crippen LogP contribution in [0.2, 0.25) is 0 Å². The Balaban J connectivity index is 1.36. The fourth-order valence-corrected chi connectivity index (χ4v) is 2.74. The zero-order valence-corrected chi connectivity index (χ0v) is 10.7. The quantitative estimate of drug-likeness (QED) is 0.427. The Morgan fingerprint density at radius 1 is 0.765 bits per heavy atom. The van der Waals surface area contributed by atoms with Gasteiger partial charge in [-0.15, -0.1) is 0 Å². The zero-order valence-electron chi connectivity index (χ0n) is 10.7. The number of unbranched alkanes of at least 4 members (excludes halogenated alkanes) is 2. The normalized spacial score (nSPS) is 34.9. The third-order valence-electron chi connectivity index (χ3n) is 4.01. The first-order valence-electron chi connectivity index (χ1n) is 7.05. The number of aliphatic hydroxyl groups excluding tert-OH is 2. The molecule has 0 spiro atoms. The molecule has 0 aromatic carbocycles. The lowest BCUT2D eigenvalue weighted by Crippen LogP contribution is -2.08. The van der Waals surface area contributed by atoms with Crippen molar-refractivity contribution in [3.05, 3.63) is 0 Å².